The predicted octanol–water partition coefficient (Wildman–Crippen LogP) is 0.694. The number of hydrogen-bond acceptors (Lipinski definition) is 3. The first-order chi connectivity index (χ1) is 7.86. The Morgan fingerprint density at radius 2 is 2.06 bits per heavy atom. The van der Waals surface area contributed by atoms with Gasteiger partial charge >= 0.3 is 5.69 Å². The molecule has 1 aliphatic carbocycles. The second-order valence-corrected chi connectivity index (χ2v) is 4.85. The van der Waals surface area contributed by atoms with Crippen molar-refractivity contribution < 1.29 is 0 Å². The molecule has 88 valence electrons. The van der Waals surface area contributed by atoms with Gasteiger partial charge in [-0.3, -0.25) is 4.57 Å². The molecule has 2 fully saturated rings. The summed E-state index contributed by atoms with van der Waals surface area (Å²) in [5.74, 6) is 0. The minimum Gasteiger partial charge on any atom is -0.315 e. The van der Waals surface area contributed by atoms with Crippen molar-refractivity contribution in [3.8, 4) is 0 Å². The molecule has 5 heteroatoms. The molecule has 2 heterocycles. The summed E-state index contributed by atoms with van der Waals surface area (Å²) >= 11 is 0. The summed E-state index contributed by atoms with van der Waals surface area (Å²) in [6.07, 6.45) is 7.44. The summed E-state index contributed by atoms with van der Waals surface area (Å²) in [7, 11) is 0. The highest BCUT2D eigenvalue weighted by molar-refractivity contribution is 4.85. The van der Waals surface area contributed by atoms with Crippen LogP contribution in [0.4, 0.5) is 0 Å². The Balaban J connectivity index is 1.87. The minimum atomic E-state index is 0.0839. The van der Waals surface area contributed by atoms with Gasteiger partial charge in [0, 0.05) is 6.54 Å². The van der Waals surface area contributed by atoms with E-state index in [1.54, 1.807) is 15.6 Å². The highest BCUT2D eigenvalue weighted by Crippen LogP contribution is 2.27. The summed E-state index contributed by atoms with van der Waals surface area (Å²) < 4.78 is 3.50. The molecule has 1 saturated carbocycles. The number of rotatable bonds is 2. The van der Waals surface area contributed by atoms with Gasteiger partial charge in [-0.2, -0.15) is 5.10 Å². The van der Waals surface area contributed by atoms with E-state index >= 15 is 0 Å². The van der Waals surface area contributed by atoms with Crippen molar-refractivity contribution in [2.24, 2.45) is 0 Å². The molecule has 0 aromatic carbocycles. The molecule has 0 radical (unpaired) electrons. The Morgan fingerprint density at radius 1 is 1.25 bits per heavy atom. The van der Waals surface area contributed by atoms with Crippen molar-refractivity contribution in [3.05, 3.63) is 16.8 Å². The van der Waals surface area contributed by atoms with Gasteiger partial charge in [0.25, 0.3) is 0 Å². The molecule has 1 atom stereocenters. The third kappa shape index (κ3) is 1.59. The molecule has 0 amide bonds. The number of nitrogens with one attached hydrogen (secondary N) is 1. The Labute approximate surface area is 94.5 Å². The third-order valence-corrected chi connectivity index (χ3v) is 3.82. The van der Waals surface area contributed by atoms with Crippen LogP contribution in [0.25, 0.3) is 0 Å². The van der Waals surface area contributed by atoms with E-state index in [0.717, 1.165) is 32.4 Å². The van der Waals surface area contributed by atoms with Crippen LogP contribution in [0.15, 0.2) is 11.1 Å². The zero-order valence-corrected chi connectivity index (χ0v) is 9.43. The summed E-state index contributed by atoms with van der Waals surface area (Å²) in [6, 6.07) is 0.658. The SMILES string of the molecule is O=c1n(C2CCNC2)cnn1C1CCCC1. The first-order valence-corrected chi connectivity index (χ1v) is 6.22. The summed E-state index contributed by atoms with van der Waals surface area (Å²) in [4.78, 5) is 12.2. The molecule has 3 rings (SSSR count). The van der Waals surface area contributed by atoms with Gasteiger partial charge in [-0.15, -0.1) is 0 Å². The highest BCUT2D eigenvalue weighted by atomic mass is 16.2. The van der Waals surface area contributed by atoms with E-state index in [2.05, 4.69) is 10.4 Å². The monoisotopic (exact) mass is 222 g/mol. The molecule has 0 spiro atoms. The van der Waals surface area contributed by atoms with Crippen molar-refractivity contribution in [2.75, 3.05) is 13.1 Å². The largest absolute Gasteiger partial charge is 0.346 e. The van der Waals surface area contributed by atoms with Gasteiger partial charge in [-0.25, -0.2) is 9.48 Å². The van der Waals surface area contributed by atoms with E-state index < -0.39 is 0 Å². The quantitative estimate of drug-likeness (QED) is 0.801. The van der Waals surface area contributed by atoms with Crippen molar-refractivity contribution in [1.82, 2.24) is 19.7 Å². The second-order valence-electron chi connectivity index (χ2n) is 4.85. The zero-order chi connectivity index (χ0) is 11.0. The predicted molar refractivity (Wildman–Crippen MR) is 60.5 cm³/mol. The smallest absolute Gasteiger partial charge is 0.315 e. The van der Waals surface area contributed by atoms with Gasteiger partial charge in [0.15, 0.2) is 0 Å². The molecule has 1 aliphatic heterocycles. The summed E-state index contributed by atoms with van der Waals surface area (Å²) in [6.45, 7) is 1.90. The van der Waals surface area contributed by atoms with Gasteiger partial charge in [-0.05, 0) is 25.8 Å². The molecule has 0 bridgehead atoms. The fourth-order valence-electron chi connectivity index (χ4n) is 2.85. The third-order valence-electron chi connectivity index (χ3n) is 3.82. The zero-order valence-electron chi connectivity index (χ0n) is 9.43. The Morgan fingerprint density at radius 3 is 2.75 bits per heavy atom. The maximum atomic E-state index is 12.2. The average molecular weight is 222 g/mol. The first kappa shape index (κ1) is 10.1. The lowest BCUT2D eigenvalue weighted by molar-refractivity contribution is 0.436. The van der Waals surface area contributed by atoms with E-state index in [1.165, 1.54) is 12.8 Å². The minimum absolute atomic E-state index is 0.0839. The number of aromatic nitrogens is 3. The van der Waals surface area contributed by atoms with Crippen LogP contribution >= 0.6 is 0 Å². The molecular formula is C11H18N4O. The standard InChI is InChI=1S/C11H18N4O/c16-11-14(10-5-6-12-7-10)8-13-15(11)9-3-1-2-4-9/h8-10,12H,1-7H2. The van der Waals surface area contributed by atoms with Gasteiger partial charge < -0.3 is 5.32 Å². The van der Waals surface area contributed by atoms with Crippen molar-refractivity contribution >= 4 is 0 Å². The van der Waals surface area contributed by atoms with Crippen LogP contribution in [0, 0.1) is 0 Å². The Kier molecular flexibility index (Phi) is 2.55. The molecule has 1 saturated heterocycles. The number of hydrogen-bond donors (Lipinski definition) is 1. The number of nitrogens with zero attached hydrogens (tertiary/aromatic N) is 3. The second kappa shape index (κ2) is 4.05. The molecule has 1 unspecified atom stereocenters. The van der Waals surface area contributed by atoms with Gasteiger partial charge in [0.1, 0.15) is 6.33 Å². The van der Waals surface area contributed by atoms with Crippen LogP contribution in [0.2, 0.25) is 0 Å². The maximum Gasteiger partial charge on any atom is 0.346 e. The molecule has 1 aromatic heterocycles. The van der Waals surface area contributed by atoms with Gasteiger partial charge in [0.2, 0.25) is 0 Å². The van der Waals surface area contributed by atoms with Crippen LogP contribution in [-0.2, 0) is 0 Å². The van der Waals surface area contributed by atoms with Crippen LogP contribution in [-0.4, -0.2) is 27.4 Å². The van der Waals surface area contributed by atoms with Crippen LogP contribution in [0.3, 0.4) is 0 Å². The summed E-state index contributed by atoms with van der Waals surface area (Å²) in [5, 5.41) is 7.56. The van der Waals surface area contributed by atoms with Crippen LogP contribution in [0.1, 0.15) is 44.2 Å². The molecular weight excluding hydrogens is 204 g/mol. The summed E-state index contributed by atoms with van der Waals surface area (Å²) in [5.41, 5.74) is 0.0839. The van der Waals surface area contributed by atoms with E-state index in [4.69, 9.17) is 0 Å². The van der Waals surface area contributed by atoms with E-state index in [0.29, 0.717) is 12.1 Å². The Bertz CT molecular complexity index is 373. The van der Waals surface area contributed by atoms with Crippen molar-refractivity contribution in [3.63, 3.8) is 0 Å². The molecule has 2 aliphatic rings. The normalized spacial score (nSPS) is 26.6. The molecule has 1 N–H and O–H groups in total. The fourth-order valence-corrected chi connectivity index (χ4v) is 2.85. The van der Waals surface area contributed by atoms with Crippen molar-refractivity contribution in [1.29, 1.82) is 0 Å². The molecule has 1 aromatic rings. The van der Waals surface area contributed by atoms with Gasteiger partial charge in [-0.1, -0.05) is 12.8 Å². The topological polar surface area (TPSA) is 51.9 Å². The van der Waals surface area contributed by atoms with Gasteiger partial charge in [0.05, 0.1) is 12.1 Å². The molecule has 5 nitrogen and oxygen atoms in total. The van der Waals surface area contributed by atoms with Crippen LogP contribution in [0.5, 0.6) is 0 Å². The lowest BCUT2D eigenvalue weighted by atomic mass is 10.2. The maximum absolute atomic E-state index is 12.2. The molecule has 16 heavy (non-hydrogen) atoms. The lowest BCUT2D eigenvalue weighted by Gasteiger charge is -2.09. The van der Waals surface area contributed by atoms with E-state index in [9.17, 15) is 4.79 Å². The Hall–Kier alpha value is -1.10. The first-order valence-electron chi connectivity index (χ1n) is 6.22. The highest BCUT2D eigenvalue weighted by Gasteiger charge is 2.24. The average Bonchev–Trinajstić information content (AvgIpc) is 2.96. The van der Waals surface area contributed by atoms with E-state index in [-0.39, 0.29) is 5.69 Å². The van der Waals surface area contributed by atoms with Crippen LogP contribution < -0.4 is 11.0 Å². The lowest BCUT2D eigenvalue weighted by Crippen LogP contribution is -2.30. The fraction of sp³-hybridized carbons (Fsp3) is 0.818. The van der Waals surface area contributed by atoms with Crippen molar-refractivity contribution in [2.45, 2.75) is 44.2 Å². The van der Waals surface area contributed by atoms with E-state index in [1.807, 2.05) is 0 Å².